The van der Waals surface area contributed by atoms with Crippen molar-refractivity contribution in [1.82, 2.24) is 14.9 Å². The van der Waals surface area contributed by atoms with Crippen molar-refractivity contribution in [1.29, 1.82) is 0 Å². The lowest BCUT2D eigenvalue weighted by Crippen LogP contribution is -2.69. The predicted molar refractivity (Wildman–Crippen MR) is 231 cm³/mol. The van der Waals surface area contributed by atoms with Crippen molar-refractivity contribution < 1.29 is 37.8 Å². The van der Waals surface area contributed by atoms with E-state index in [0.717, 1.165) is 26.8 Å². The first-order valence-corrected chi connectivity index (χ1v) is 25.7. The highest BCUT2D eigenvalue weighted by atomic mass is 28.4. The van der Waals surface area contributed by atoms with Crippen LogP contribution >= 0.6 is 0 Å². The molecular weight excluding hydrogens is 785 g/mol. The van der Waals surface area contributed by atoms with E-state index >= 15 is 0 Å². The minimum absolute atomic E-state index is 0.00479. The van der Waals surface area contributed by atoms with E-state index in [0.29, 0.717) is 5.56 Å². The number of carboxylic acid groups (broad SMARTS) is 1. The fourth-order valence-electron chi connectivity index (χ4n) is 6.98. The van der Waals surface area contributed by atoms with Gasteiger partial charge in [0.25, 0.3) is 5.91 Å². The summed E-state index contributed by atoms with van der Waals surface area (Å²) >= 11 is 0. The first-order valence-electron chi connectivity index (χ1n) is 19.9. The molecular formula is C44H56N4O9Si2. The number of aromatic nitrogens is 2. The number of fused-ring (bicyclic) bond motifs is 3. The van der Waals surface area contributed by atoms with E-state index in [1.807, 2.05) is 95.5 Å². The number of nitrogens with zero attached hydrogens (tertiary/aromatic N) is 2. The molecule has 314 valence electrons. The molecule has 2 aliphatic rings. The first-order chi connectivity index (χ1) is 27.6. The second-order valence-electron chi connectivity index (χ2n) is 18.3. The van der Waals surface area contributed by atoms with Gasteiger partial charge in [0.05, 0.1) is 6.10 Å². The van der Waals surface area contributed by atoms with Gasteiger partial charge in [-0.05, 0) is 76.7 Å². The van der Waals surface area contributed by atoms with Gasteiger partial charge in [-0.1, -0.05) is 108 Å². The van der Waals surface area contributed by atoms with E-state index in [4.69, 9.17) is 18.3 Å². The molecule has 2 heterocycles. The van der Waals surface area contributed by atoms with Gasteiger partial charge >= 0.3 is 17.8 Å². The molecule has 1 aliphatic carbocycles. The molecule has 3 N–H and O–H groups in total. The number of hydrogen-bond donors (Lipinski definition) is 3. The Morgan fingerprint density at radius 1 is 0.780 bits per heavy atom. The largest absolute Gasteiger partial charge is 0.479 e. The quantitative estimate of drug-likeness (QED) is 0.125. The molecule has 59 heavy (non-hydrogen) atoms. The minimum atomic E-state index is -2.79. The lowest BCUT2D eigenvalue weighted by Gasteiger charge is -2.52. The van der Waals surface area contributed by atoms with Gasteiger partial charge < -0.3 is 34.1 Å². The molecule has 0 saturated carbocycles. The molecule has 0 spiro atoms. The van der Waals surface area contributed by atoms with E-state index in [9.17, 15) is 24.3 Å². The third-order valence-corrected chi connectivity index (χ3v) is 21.2. The van der Waals surface area contributed by atoms with Crippen LogP contribution in [0.25, 0.3) is 11.1 Å². The SMILES string of the molecule is CC(C)(C)[Si](C)(C)O[C@@H]1[C@@H](NC(=O)OCC2c3ccccc3-c3ccccc32)[C@H](n2ccc(NC(=O)c3ccccc3)nc2=O)O[C@H](C(=O)O)[C@H]1O[Si](C)(C)C(C)(C)C. The van der Waals surface area contributed by atoms with Gasteiger partial charge in [-0.3, -0.25) is 9.36 Å². The molecule has 0 radical (unpaired) electrons. The smallest absolute Gasteiger partial charge is 0.407 e. The zero-order valence-corrected chi connectivity index (χ0v) is 37.4. The van der Waals surface area contributed by atoms with Gasteiger partial charge in [-0.2, -0.15) is 4.98 Å². The summed E-state index contributed by atoms with van der Waals surface area (Å²) in [6.45, 7) is 20.4. The number of carbonyl (C=O) groups excluding carboxylic acids is 2. The van der Waals surface area contributed by atoms with Gasteiger partial charge in [0.15, 0.2) is 29.0 Å². The summed E-state index contributed by atoms with van der Waals surface area (Å²) in [5, 5.41) is 15.7. The summed E-state index contributed by atoms with van der Waals surface area (Å²) in [7, 11) is -5.54. The molecule has 1 saturated heterocycles. The van der Waals surface area contributed by atoms with Crippen molar-refractivity contribution in [2.45, 2.75) is 114 Å². The van der Waals surface area contributed by atoms with Crippen molar-refractivity contribution in [3.05, 3.63) is 118 Å². The molecule has 6 rings (SSSR count). The average Bonchev–Trinajstić information content (AvgIpc) is 3.48. The fourth-order valence-corrected chi connectivity index (χ4v) is 9.58. The maximum atomic E-state index is 14.2. The molecule has 13 nitrogen and oxygen atoms in total. The molecule has 0 unspecified atom stereocenters. The summed E-state index contributed by atoms with van der Waals surface area (Å²) in [5.74, 6) is -2.06. The van der Waals surface area contributed by atoms with Gasteiger partial charge in [0, 0.05) is 17.7 Å². The Labute approximate surface area is 347 Å². The highest BCUT2D eigenvalue weighted by molar-refractivity contribution is 6.74. The zero-order valence-electron chi connectivity index (χ0n) is 35.4. The number of hydrogen-bond acceptors (Lipinski definition) is 9. The number of benzene rings is 3. The Morgan fingerprint density at radius 3 is 1.83 bits per heavy atom. The summed E-state index contributed by atoms with van der Waals surface area (Å²) in [5.41, 5.74) is 3.71. The van der Waals surface area contributed by atoms with Crippen LogP contribution in [-0.4, -0.2) is 80.2 Å². The average molecular weight is 841 g/mol. The van der Waals surface area contributed by atoms with Gasteiger partial charge in [-0.15, -0.1) is 0 Å². The third kappa shape index (κ3) is 9.14. The number of rotatable bonds is 11. The van der Waals surface area contributed by atoms with Crippen LogP contribution in [0.2, 0.25) is 36.3 Å². The molecule has 3 aromatic carbocycles. The highest BCUT2D eigenvalue weighted by Crippen LogP contribution is 2.46. The van der Waals surface area contributed by atoms with Gasteiger partial charge in [0.2, 0.25) is 0 Å². The minimum Gasteiger partial charge on any atom is -0.479 e. The summed E-state index contributed by atoms with van der Waals surface area (Å²) in [6, 6.07) is 24.7. The molecule has 0 bridgehead atoms. The zero-order chi connectivity index (χ0) is 43.1. The van der Waals surface area contributed by atoms with E-state index in [2.05, 4.69) is 36.4 Å². The van der Waals surface area contributed by atoms with Gasteiger partial charge in [0.1, 0.15) is 24.6 Å². The number of ether oxygens (including phenoxy) is 2. The second kappa shape index (κ2) is 16.6. The van der Waals surface area contributed by atoms with Crippen LogP contribution in [0.15, 0.2) is 95.9 Å². The Hall–Kier alpha value is -4.94. The van der Waals surface area contributed by atoms with Crippen molar-refractivity contribution in [2.75, 3.05) is 11.9 Å². The maximum absolute atomic E-state index is 14.2. The highest BCUT2D eigenvalue weighted by Gasteiger charge is 2.57. The molecule has 4 aromatic rings. The second-order valence-corrected chi connectivity index (χ2v) is 27.8. The van der Waals surface area contributed by atoms with Crippen LogP contribution < -0.4 is 16.3 Å². The van der Waals surface area contributed by atoms with E-state index in [-0.39, 0.29) is 28.4 Å². The normalized spacial score (nSPS) is 20.9. The maximum Gasteiger partial charge on any atom is 0.407 e. The van der Waals surface area contributed by atoms with Crippen LogP contribution in [0.3, 0.4) is 0 Å². The van der Waals surface area contributed by atoms with Crippen LogP contribution in [0.1, 0.15) is 75.2 Å². The standard InChI is InChI=1S/C44H56N4O9Si2/c1-43(2,3)58(7,8)56-35-34(47-42(53)54-26-32-30-22-16-14-20-28(30)29-21-15-17-23-31(29)32)39(55-37(40(50)51)36(35)57-59(9,10)44(4,5)6)48-25-24-33(46-41(48)52)45-38(49)27-18-12-11-13-19-27/h11-25,32,34-37,39H,26H2,1-10H3,(H,47,53)(H,50,51)(H,45,46,49,52)/t34-,35-,36+,37+,39-/m1/s1. The van der Waals surface area contributed by atoms with E-state index < -0.39 is 70.9 Å². The molecule has 1 fully saturated rings. The van der Waals surface area contributed by atoms with Crippen LogP contribution in [0.4, 0.5) is 10.6 Å². The van der Waals surface area contributed by atoms with Crippen molar-refractivity contribution >= 4 is 40.4 Å². The number of alkyl carbamates (subject to hydrolysis) is 1. The van der Waals surface area contributed by atoms with Crippen molar-refractivity contribution in [3.63, 3.8) is 0 Å². The monoisotopic (exact) mass is 840 g/mol. The van der Waals surface area contributed by atoms with Crippen molar-refractivity contribution in [2.24, 2.45) is 0 Å². The topological polar surface area (TPSA) is 167 Å². The van der Waals surface area contributed by atoms with Crippen LogP contribution in [-0.2, 0) is 23.1 Å². The fraction of sp³-hybridized carbons (Fsp3) is 0.432. The molecule has 5 atom stereocenters. The number of amides is 2. The third-order valence-electron chi connectivity index (χ3n) is 12.3. The lowest BCUT2D eigenvalue weighted by atomic mass is 9.95. The molecule has 1 aliphatic heterocycles. The Bertz CT molecular complexity index is 2210. The summed E-state index contributed by atoms with van der Waals surface area (Å²) in [6.07, 6.45) is -4.87. The summed E-state index contributed by atoms with van der Waals surface area (Å²) < 4.78 is 27.6. The van der Waals surface area contributed by atoms with Crippen LogP contribution in [0.5, 0.6) is 0 Å². The van der Waals surface area contributed by atoms with E-state index in [1.54, 1.807) is 30.3 Å². The predicted octanol–water partition coefficient (Wildman–Crippen LogP) is 8.17. The number of carbonyl (C=O) groups is 3. The van der Waals surface area contributed by atoms with Crippen molar-refractivity contribution in [3.8, 4) is 11.1 Å². The Kier molecular flexibility index (Phi) is 12.3. The number of carboxylic acids is 1. The Balaban J connectivity index is 1.41. The molecule has 1 aromatic heterocycles. The van der Waals surface area contributed by atoms with E-state index in [1.165, 1.54) is 12.3 Å². The first kappa shape index (κ1) is 43.6. The molecule has 2 amide bonds. The van der Waals surface area contributed by atoms with Crippen LogP contribution in [0, 0.1) is 0 Å². The Morgan fingerprint density at radius 2 is 1.31 bits per heavy atom. The molecule has 15 heteroatoms. The number of anilines is 1. The van der Waals surface area contributed by atoms with Gasteiger partial charge in [-0.25, -0.2) is 14.4 Å². The number of aliphatic carboxylic acids is 1. The number of nitrogens with one attached hydrogen (secondary N) is 2. The summed E-state index contributed by atoms with van der Waals surface area (Å²) in [4.78, 5) is 58.5. The lowest BCUT2D eigenvalue weighted by molar-refractivity contribution is -0.211.